The van der Waals surface area contributed by atoms with Crippen LogP contribution >= 0.6 is 0 Å². The molecule has 3 heterocycles. The van der Waals surface area contributed by atoms with Gasteiger partial charge in [-0.1, -0.05) is 12.1 Å². The number of hydroxylamine groups is 2. The van der Waals surface area contributed by atoms with E-state index in [1.165, 1.54) is 11.1 Å². The number of carbonyl (C=O) groups excluding carboxylic acids is 1. The van der Waals surface area contributed by atoms with E-state index >= 15 is 0 Å². The fraction of sp³-hybridized carbons (Fsp3) is 0.611. The number of hydrogen-bond acceptors (Lipinski definition) is 4. The lowest BCUT2D eigenvalue weighted by Crippen LogP contribution is -2.52. The summed E-state index contributed by atoms with van der Waals surface area (Å²) in [6.45, 7) is 3.82. The molecular weight excluding hydrogens is 292 g/mol. The number of fused-ring (bicyclic) bond motifs is 1. The molecule has 23 heavy (non-hydrogen) atoms. The maximum Gasteiger partial charge on any atom is 0.246 e. The van der Waals surface area contributed by atoms with Crippen LogP contribution in [-0.4, -0.2) is 48.2 Å². The van der Waals surface area contributed by atoms with Crippen molar-refractivity contribution in [3.63, 3.8) is 0 Å². The normalized spacial score (nSPS) is 23.3. The van der Waals surface area contributed by atoms with E-state index in [2.05, 4.69) is 23.1 Å². The third kappa shape index (κ3) is 2.62. The predicted octanol–water partition coefficient (Wildman–Crippen LogP) is 2.14. The standard InChI is InChI=1S/C18H24N2O3/c1-22-20-17(21)4-6-18(20)7-9-19(10-8-18)13-14-2-3-16-15(12-14)5-11-23-16/h2-3,12H,4-11,13H2,1H3. The third-order valence-electron chi connectivity index (χ3n) is 5.59. The van der Waals surface area contributed by atoms with Gasteiger partial charge in [-0.25, -0.2) is 5.06 Å². The van der Waals surface area contributed by atoms with Crippen LogP contribution in [0.4, 0.5) is 0 Å². The number of nitrogens with zero attached hydrogens (tertiary/aromatic N) is 2. The second-order valence-corrected chi connectivity index (χ2v) is 6.91. The maximum atomic E-state index is 11.9. The van der Waals surface area contributed by atoms with Crippen molar-refractivity contribution in [1.29, 1.82) is 0 Å². The molecule has 4 rings (SSSR count). The Hall–Kier alpha value is -1.59. The van der Waals surface area contributed by atoms with E-state index < -0.39 is 0 Å². The molecule has 0 aliphatic carbocycles. The Morgan fingerprint density at radius 3 is 2.83 bits per heavy atom. The molecule has 0 bridgehead atoms. The van der Waals surface area contributed by atoms with Crippen molar-refractivity contribution in [2.24, 2.45) is 0 Å². The summed E-state index contributed by atoms with van der Waals surface area (Å²) in [5, 5.41) is 1.65. The van der Waals surface area contributed by atoms with Crippen molar-refractivity contribution in [3.8, 4) is 5.75 Å². The van der Waals surface area contributed by atoms with Crippen LogP contribution in [0.2, 0.25) is 0 Å². The van der Waals surface area contributed by atoms with Crippen LogP contribution in [0.25, 0.3) is 0 Å². The molecule has 3 aliphatic heterocycles. The monoisotopic (exact) mass is 316 g/mol. The first kappa shape index (κ1) is 15.0. The van der Waals surface area contributed by atoms with Crippen LogP contribution in [0.1, 0.15) is 36.8 Å². The Labute approximate surface area is 137 Å². The Bertz CT molecular complexity index is 608. The topological polar surface area (TPSA) is 42.0 Å². The highest BCUT2D eigenvalue weighted by atomic mass is 16.7. The SMILES string of the molecule is CON1C(=O)CCC12CCN(Cc1ccc3c(c1)CCO3)CC2. The summed E-state index contributed by atoms with van der Waals surface area (Å²) in [6, 6.07) is 6.56. The molecule has 2 saturated heterocycles. The first-order valence-corrected chi connectivity index (χ1v) is 8.54. The van der Waals surface area contributed by atoms with E-state index in [1.807, 2.05) is 0 Å². The average Bonchev–Trinajstić information content (AvgIpc) is 3.14. The van der Waals surface area contributed by atoms with Gasteiger partial charge < -0.3 is 4.74 Å². The third-order valence-corrected chi connectivity index (χ3v) is 5.59. The van der Waals surface area contributed by atoms with E-state index in [4.69, 9.17) is 9.57 Å². The van der Waals surface area contributed by atoms with Gasteiger partial charge in [0.25, 0.3) is 0 Å². The van der Waals surface area contributed by atoms with Crippen LogP contribution in [-0.2, 0) is 22.6 Å². The minimum Gasteiger partial charge on any atom is -0.493 e. The molecule has 0 N–H and O–H groups in total. The zero-order valence-corrected chi connectivity index (χ0v) is 13.7. The molecule has 0 radical (unpaired) electrons. The van der Waals surface area contributed by atoms with Crippen molar-refractivity contribution < 1.29 is 14.4 Å². The van der Waals surface area contributed by atoms with Crippen molar-refractivity contribution >= 4 is 5.91 Å². The Balaban J connectivity index is 1.39. The van der Waals surface area contributed by atoms with Crippen molar-refractivity contribution in [2.45, 2.75) is 44.2 Å². The van der Waals surface area contributed by atoms with Gasteiger partial charge in [0.2, 0.25) is 5.91 Å². The highest BCUT2D eigenvalue weighted by Crippen LogP contribution is 2.39. The molecule has 0 saturated carbocycles. The van der Waals surface area contributed by atoms with Crippen LogP contribution in [0.3, 0.4) is 0 Å². The number of carbonyl (C=O) groups is 1. The molecule has 0 aromatic heterocycles. The minimum absolute atomic E-state index is 0.0614. The molecule has 5 heteroatoms. The van der Waals surface area contributed by atoms with Crippen LogP contribution < -0.4 is 4.74 Å². The highest BCUT2D eigenvalue weighted by molar-refractivity contribution is 5.78. The lowest BCUT2D eigenvalue weighted by atomic mass is 9.86. The summed E-state index contributed by atoms with van der Waals surface area (Å²) >= 11 is 0. The highest BCUT2D eigenvalue weighted by Gasteiger charge is 2.47. The van der Waals surface area contributed by atoms with Crippen molar-refractivity contribution in [2.75, 3.05) is 26.8 Å². The van der Waals surface area contributed by atoms with Crippen LogP contribution in [0, 0.1) is 0 Å². The second-order valence-electron chi connectivity index (χ2n) is 6.91. The largest absolute Gasteiger partial charge is 0.493 e. The number of hydrogen-bond donors (Lipinski definition) is 0. The Morgan fingerprint density at radius 2 is 2.04 bits per heavy atom. The number of likely N-dealkylation sites (tertiary alicyclic amines) is 1. The summed E-state index contributed by atoms with van der Waals surface area (Å²) in [5.41, 5.74) is 2.63. The quantitative estimate of drug-likeness (QED) is 0.857. The molecule has 124 valence electrons. The molecule has 1 aromatic carbocycles. The van der Waals surface area contributed by atoms with Crippen molar-refractivity contribution in [3.05, 3.63) is 29.3 Å². The first-order valence-electron chi connectivity index (χ1n) is 8.54. The summed E-state index contributed by atoms with van der Waals surface area (Å²) in [6.07, 6.45) is 4.58. The smallest absolute Gasteiger partial charge is 0.246 e. The Morgan fingerprint density at radius 1 is 1.22 bits per heavy atom. The molecule has 3 aliphatic rings. The van der Waals surface area contributed by atoms with Gasteiger partial charge >= 0.3 is 0 Å². The Kier molecular flexibility index (Phi) is 3.77. The zero-order valence-electron chi connectivity index (χ0n) is 13.7. The van der Waals surface area contributed by atoms with Gasteiger partial charge in [-0.2, -0.15) is 0 Å². The van der Waals surface area contributed by atoms with E-state index in [1.54, 1.807) is 12.2 Å². The molecule has 0 atom stereocenters. The van der Waals surface area contributed by atoms with Crippen molar-refractivity contribution in [1.82, 2.24) is 9.96 Å². The van der Waals surface area contributed by atoms with Gasteiger partial charge in [0.15, 0.2) is 0 Å². The number of rotatable bonds is 3. The van der Waals surface area contributed by atoms with Gasteiger partial charge in [0.05, 0.1) is 19.3 Å². The van der Waals surface area contributed by atoms with Gasteiger partial charge in [0, 0.05) is 32.5 Å². The number of piperidine rings is 1. The summed E-state index contributed by atoms with van der Waals surface area (Å²) in [4.78, 5) is 19.8. The summed E-state index contributed by atoms with van der Waals surface area (Å²) < 4.78 is 5.58. The van der Waals surface area contributed by atoms with E-state index in [0.717, 1.165) is 57.7 Å². The van der Waals surface area contributed by atoms with Crippen LogP contribution in [0.15, 0.2) is 18.2 Å². The molecule has 1 aromatic rings. The summed E-state index contributed by atoms with van der Waals surface area (Å²) in [7, 11) is 1.62. The second kappa shape index (κ2) is 5.80. The number of amides is 1. The lowest BCUT2D eigenvalue weighted by molar-refractivity contribution is -0.202. The molecule has 5 nitrogen and oxygen atoms in total. The van der Waals surface area contributed by atoms with Gasteiger partial charge in [-0.15, -0.1) is 0 Å². The van der Waals surface area contributed by atoms with Gasteiger partial charge in [-0.3, -0.25) is 14.5 Å². The van der Waals surface area contributed by atoms with E-state index in [9.17, 15) is 4.79 Å². The zero-order chi connectivity index (χ0) is 15.9. The molecule has 2 fully saturated rings. The van der Waals surface area contributed by atoms with E-state index in [0.29, 0.717) is 6.42 Å². The maximum absolute atomic E-state index is 11.9. The fourth-order valence-corrected chi connectivity index (χ4v) is 4.28. The fourth-order valence-electron chi connectivity index (χ4n) is 4.28. The number of ether oxygens (including phenoxy) is 1. The van der Waals surface area contributed by atoms with E-state index in [-0.39, 0.29) is 11.4 Å². The molecular formula is C18H24N2O3. The average molecular weight is 316 g/mol. The molecule has 1 spiro atoms. The minimum atomic E-state index is -0.0614. The first-order chi connectivity index (χ1) is 11.2. The molecule has 0 unspecified atom stereocenters. The number of benzene rings is 1. The predicted molar refractivity (Wildman–Crippen MR) is 86.0 cm³/mol. The summed E-state index contributed by atoms with van der Waals surface area (Å²) in [5.74, 6) is 1.19. The molecule has 1 amide bonds. The van der Waals surface area contributed by atoms with Gasteiger partial charge in [-0.05, 0) is 36.5 Å². The van der Waals surface area contributed by atoms with Gasteiger partial charge in [0.1, 0.15) is 5.75 Å². The lowest BCUT2D eigenvalue weighted by Gasteiger charge is -2.43. The van der Waals surface area contributed by atoms with Crippen LogP contribution in [0.5, 0.6) is 5.75 Å².